The van der Waals surface area contributed by atoms with Crippen molar-refractivity contribution < 1.29 is 17.7 Å². The second-order valence-corrected chi connectivity index (χ2v) is 9.25. The molecule has 0 bridgehead atoms. The molecule has 0 aliphatic rings. The van der Waals surface area contributed by atoms with Gasteiger partial charge in [0.05, 0.1) is 5.02 Å². The summed E-state index contributed by atoms with van der Waals surface area (Å²) in [5.41, 5.74) is -0.728. The summed E-state index contributed by atoms with van der Waals surface area (Å²) in [6.07, 6.45) is -3.85. The van der Waals surface area contributed by atoms with E-state index < -0.39 is 39.0 Å². The fourth-order valence-electron chi connectivity index (χ4n) is 1.93. The van der Waals surface area contributed by atoms with Gasteiger partial charge in [0.2, 0.25) is 0 Å². The van der Waals surface area contributed by atoms with Crippen LogP contribution in [-0.2, 0) is 17.5 Å². The van der Waals surface area contributed by atoms with E-state index in [1.807, 2.05) is 0 Å². The predicted molar refractivity (Wildman–Crippen MR) is 96.4 cm³/mol. The van der Waals surface area contributed by atoms with E-state index in [0.717, 1.165) is 6.20 Å². The number of alkyl halides is 3. The van der Waals surface area contributed by atoms with Crippen molar-refractivity contribution in [2.24, 2.45) is 0 Å². The Kier molecular flexibility index (Phi) is 6.45. The number of aromatic nitrogens is 2. The Labute approximate surface area is 162 Å². The second-order valence-electron chi connectivity index (χ2n) is 6.41. The lowest BCUT2D eigenvalue weighted by molar-refractivity contribution is -0.141. The van der Waals surface area contributed by atoms with Crippen molar-refractivity contribution in [2.45, 2.75) is 37.7 Å². The molecule has 10 heteroatoms. The molecular weight excluding hydrogens is 410 g/mol. The zero-order valence-electron chi connectivity index (χ0n) is 14.1. The average Bonchev–Trinajstić information content (AvgIpc) is 2.52. The molecule has 0 aliphatic carbocycles. The van der Waals surface area contributed by atoms with Crippen molar-refractivity contribution in [3.63, 3.8) is 0 Å². The van der Waals surface area contributed by atoms with E-state index in [9.17, 15) is 17.7 Å². The summed E-state index contributed by atoms with van der Waals surface area (Å²) in [6, 6.07) is 5.42. The Balaban J connectivity index is 2.52. The lowest BCUT2D eigenvalue weighted by Crippen LogP contribution is -2.42. The minimum atomic E-state index is -4.73. The third-order valence-electron chi connectivity index (χ3n) is 3.27. The number of hydrogen-bond acceptors (Lipinski definition) is 4. The monoisotopic (exact) mass is 425 g/mol. The van der Waals surface area contributed by atoms with Gasteiger partial charge in [-0.25, -0.2) is 9.97 Å². The van der Waals surface area contributed by atoms with Crippen LogP contribution >= 0.6 is 23.2 Å². The topological polar surface area (TPSA) is 60.9 Å². The summed E-state index contributed by atoms with van der Waals surface area (Å²) in [5, 5.41) is -0.148. The third kappa shape index (κ3) is 5.23. The van der Waals surface area contributed by atoms with Gasteiger partial charge in [-0.15, -0.1) is 4.72 Å². The first-order valence-corrected chi connectivity index (χ1v) is 9.33. The van der Waals surface area contributed by atoms with E-state index in [1.165, 1.54) is 0 Å². The van der Waals surface area contributed by atoms with Gasteiger partial charge in [-0.2, -0.15) is 13.2 Å². The van der Waals surface area contributed by atoms with Crippen molar-refractivity contribution in [3.05, 3.63) is 57.6 Å². The number of hydrogen-bond donors (Lipinski definition) is 1. The number of nitrogens with one attached hydrogen (secondary N) is 1. The molecule has 0 radical (unpaired) electrons. The molecule has 26 heavy (non-hydrogen) atoms. The van der Waals surface area contributed by atoms with Crippen LogP contribution in [0.5, 0.6) is 0 Å². The van der Waals surface area contributed by atoms with Crippen LogP contribution in [0.1, 0.15) is 43.9 Å². The van der Waals surface area contributed by atoms with E-state index >= 15 is 0 Å². The molecule has 0 saturated heterocycles. The van der Waals surface area contributed by atoms with E-state index in [4.69, 9.17) is 23.2 Å². The molecule has 4 nitrogen and oxygen atoms in total. The number of nitrogens with zero attached hydrogens (tertiary/aromatic N) is 2. The molecule has 1 N–H and O–H groups in total. The van der Waals surface area contributed by atoms with E-state index in [-0.39, 0.29) is 5.82 Å². The highest BCUT2D eigenvalue weighted by atomic mass is 35.5. The highest BCUT2D eigenvalue weighted by Gasteiger charge is 2.38. The number of rotatable bonds is 4. The molecular formula is C16H16Cl2F3N3OS. The van der Waals surface area contributed by atoms with Gasteiger partial charge in [0.1, 0.15) is 10.8 Å². The Hall–Kier alpha value is -1.06. The van der Waals surface area contributed by atoms with Gasteiger partial charge < -0.3 is 4.55 Å². The largest absolute Gasteiger partial charge is 0.598 e. The summed E-state index contributed by atoms with van der Waals surface area (Å²) in [4.78, 5) is 7.49. The molecule has 1 aromatic carbocycles. The Morgan fingerprint density at radius 2 is 1.69 bits per heavy atom. The minimum Gasteiger partial charge on any atom is -0.598 e. The first-order valence-electron chi connectivity index (χ1n) is 7.42. The molecule has 2 atom stereocenters. The Morgan fingerprint density at radius 1 is 1.12 bits per heavy atom. The molecule has 1 heterocycles. The molecule has 142 valence electrons. The van der Waals surface area contributed by atoms with Crippen LogP contribution < -0.4 is 4.72 Å². The first-order chi connectivity index (χ1) is 11.9. The molecule has 0 unspecified atom stereocenters. The highest BCUT2D eigenvalue weighted by Crippen LogP contribution is 2.34. The van der Waals surface area contributed by atoms with Gasteiger partial charge in [-0.1, -0.05) is 35.3 Å². The SMILES string of the molecule is CC(C)(C)[S@@+]([O-])N[C@H](c1ccc(Cl)cc1)c1ncc(Cl)c(C(F)(F)F)n1. The number of benzene rings is 1. The number of halogens is 5. The summed E-state index contributed by atoms with van der Waals surface area (Å²) in [7, 11) is 0. The van der Waals surface area contributed by atoms with Crippen LogP contribution in [0.3, 0.4) is 0 Å². The second kappa shape index (κ2) is 7.90. The fraction of sp³-hybridized carbons (Fsp3) is 0.375. The average molecular weight is 426 g/mol. The summed E-state index contributed by atoms with van der Waals surface area (Å²) < 4.78 is 54.0. The van der Waals surface area contributed by atoms with Crippen molar-refractivity contribution in [1.82, 2.24) is 14.7 Å². The van der Waals surface area contributed by atoms with Crippen LogP contribution in [0, 0.1) is 0 Å². The molecule has 0 saturated carbocycles. The van der Waals surface area contributed by atoms with E-state index in [0.29, 0.717) is 10.6 Å². The smallest absolute Gasteiger partial charge is 0.434 e. The van der Waals surface area contributed by atoms with Crippen LogP contribution in [-0.4, -0.2) is 19.3 Å². The molecule has 1 aromatic heterocycles. The van der Waals surface area contributed by atoms with Crippen molar-refractivity contribution in [2.75, 3.05) is 0 Å². The van der Waals surface area contributed by atoms with Gasteiger partial charge in [0.25, 0.3) is 0 Å². The summed E-state index contributed by atoms with van der Waals surface area (Å²) >= 11 is 9.87. The van der Waals surface area contributed by atoms with E-state index in [1.54, 1.807) is 45.0 Å². The molecule has 0 aliphatic heterocycles. The van der Waals surface area contributed by atoms with Crippen LogP contribution in [0.25, 0.3) is 0 Å². The normalized spacial score (nSPS) is 15.0. The van der Waals surface area contributed by atoms with E-state index in [2.05, 4.69) is 14.7 Å². The zero-order chi connectivity index (χ0) is 19.7. The molecule has 2 aromatic rings. The maximum absolute atomic E-state index is 13.1. The summed E-state index contributed by atoms with van der Waals surface area (Å²) in [5.74, 6) is -0.193. The van der Waals surface area contributed by atoms with Crippen LogP contribution in [0.15, 0.2) is 30.5 Å². The minimum absolute atomic E-state index is 0.193. The van der Waals surface area contributed by atoms with Gasteiger partial charge in [-0.05, 0) is 38.5 Å². The maximum atomic E-state index is 13.1. The first kappa shape index (κ1) is 21.2. The van der Waals surface area contributed by atoms with Gasteiger partial charge in [0.15, 0.2) is 11.5 Å². The summed E-state index contributed by atoms with van der Waals surface area (Å²) in [6.45, 7) is 5.21. The van der Waals surface area contributed by atoms with Crippen molar-refractivity contribution in [1.29, 1.82) is 0 Å². The third-order valence-corrected chi connectivity index (χ3v) is 5.36. The Morgan fingerprint density at radius 3 is 2.19 bits per heavy atom. The highest BCUT2D eigenvalue weighted by molar-refractivity contribution is 7.90. The van der Waals surface area contributed by atoms with Gasteiger partial charge >= 0.3 is 6.18 Å². The zero-order valence-corrected chi connectivity index (χ0v) is 16.4. The molecule has 2 rings (SSSR count). The quantitative estimate of drug-likeness (QED) is 0.704. The lowest BCUT2D eigenvalue weighted by Gasteiger charge is -2.27. The fourth-order valence-corrected chi connectivity index (χ4v) is 3.06. The molecule has 0 fully saturated rings. The maximum Gasteiger partial charge on any atom is 0.434 e. The van der Waals surface area contributed by atoms with Crippen LogP contribution in [0.2, 0.25) is 10.0 Å². The lowest BCUT2D eigenvalue weighted by atomic mass is 10.1. The van der Waals surface area contributed by atoms with Crippen molar-refractivity contribution in [3.8, 4) is 0 Å². The standard InChI is InChI=1S/C16H16Cl2F3N3OS/c1-15(2,3)26(25)24-12(9-4-6-10(17)7-5-9)14-22-8-11(18)13(23-14)16(19,20)21/h4-8,12,24H,1-3H3/t12-,26-/m1/s1. The van der Waals surface area contributed by atoms with Gasteiger partial charge in [0, 0.05) is 22.6 Å². The van der Waals surface area contributed by atoms with Crippen LogP contribution in [0.4, 0.5) is 13.2 Å². The predicted octanol–water partition coefficient (Wildman–Crippen LogP) is 4.94. The Bertz CT molecular complexity index is 767. The van der Waals surface area contributed by atoms with Gasteiger partial charge in [-0.3, -0.25) is 0 Å². The van der Waals surface area contributed by atoms with Crippen molar-refractivity contribution >= 4 is 34.6 Å². The molecule has 0 spiro atoms. The molecule has 0 amide bonds.